The van der Waals surface area contributed by atoms with E-state index in [0.29, 0.717) is 19.5 Å². The molecule has 1 N–H and O–H groups in total. The number of hydrogen-bond donors (Lipinski definition) is 1. The summed E-state index contributed by atoms with van der Waals surface area (Å²) in [6.07, 6.45) is 1.51. The third-order valence-electron chi connectivity index (χ3n) is 5.88. The number of nitrogens with one attached hydrogen (secondary N) is 1. The van der Waals surface area contributed by atoms with Crippen LogP contribution in [0.15, 0.2) is 60.8 Å². The molecule has 0 aromatic heterocycles. The van der Waals surface area contributed by atoms with Crippen molar-refractivity contribution in [1.82, 2.24) is 15.1 Å². The summed E-state index contributed by atoms with van der Waals surface area (Å²) >= 11 is 0. The first-order chi connectivity index (χ1) is 14.6. The van der Waals surface area contributed by atoms with E-state index in [1.807, 2.05) is 17.0 Å². The Labute approximate surface area is 177 Å². The molecular weight excluding hydrogens is 381 g/mol. The highest BCUT2D eigenvalue weighted by Gasteiger charge is 2.31. The topological polar surface area (TPSA) is 44.8 Å². The zero-order valence-corrected chi connectivity index (χ0v) is 17.1. The number of morpholine rings is 1. The van der Waals surface area contributed by atoms with Gasteiger partial charge in [-0.3, -0.25) is 0 Å². The van der Waals surface area contributed by atoms with E-state index >= 15 is 0 Å². The van der Waals surface area contributed by atoms with Gasteiger partial charge in [-0.2, -0.15) is 0 Å². The van der Waals surface area contributed by atoms with E-state index in [0.717, 1.165) is 49.5 Å². The molecule has 2 amide bonds. The van der Waals surface area contributed by atoms with Crippen LogP contribution in [-0.2, 0) is 11.2 Å². The van der Waals surface area contributed by atoms with Crippen LogP contribution in [0, 0.1) is 5.82 Å². The molecule has 0 aliphatic carbocycles. The molecule has 0 saturated carbocycles. The maximum atomic E-state index is 13.5. The summed E-state index contributed by atoms with van der Waals surface area (Å²) in [5, 5.41) is 3.06. The van der Waals surface area contributed by atoms with Crippen molar-refractivity contribution >= 4 is 6.03 Å². The summed E-state index contributed by atoms with van der Waals surface area (Å²) in [5.41, 5.74) is 4.27. The molecule has 0 radical (unpaired) electrons. The second-order valence-corrected chi connectivity index (χ2v) is 7.74. The van der Waals surface area contributed by atoms with Gasteiger partial charge in [0, 0.05) is 38.3 Å². The summed E-state index contributed by atoms with van der Waals surface area (Å²) in [6, 6.07) is 14.3. The van der Waals surface area contributed by atoms with Crippen LogP contribution in [0.1, 0.15) is 29.2 Å². The predicted molar refractivity (Wildman–Crippen MR) is 115 cm³/mol. The third-order valence-corrected chi connectivity index (χ3v) is 5.88. The van der Waals surface area contributed by atoms with E-state index in [1.165, 1.54) is 17.7 Å². The first kappa shape index (κ1) is 20.4. The molecule has 0 unspecified atom stereocenters. The average molecular weight is 410 g/mol. The summed E-state index contributed by atoms with van der Waals surface area (Å²) in [4.78, 5) is 17.2. The lowest BCUT2D eigenvalue weighted by Crippen LogP contribution is -2.46. The van der Waals surface area contributed by atoms with E-state index in [9.17, 15) is 9.18 Å². The number of ether oxygens (including phenoxy) is 1. The minimum atomic E-state index is -0.277. The summed E-state index contributed by atoms with van der Waals surface area (Å²) < 4.78 is 18.9. The van der Waals surface area contributed by atoms with Crippen molar-refractivity contribution < 1.29 is 13.9 Å². The van der Waals surface area contributed by atoms with Crippen LogP contribution in [0.2, 0.25) is 0 Å². The highest BCUT2D eigenvalue weighted by molar-refractivity contribution is 5.76. The molecule has 2 aromatic carbocycles. The van der Waals surface area contributed by atoms with Gasteiger partial charge in [-0.1, -0.05) is 43.0 Å². The predicted octanol–water partition coefficient (Wildman–Crippen LogP) is 3.72. The number of nitrogens with zero attached hydrogens (tertiary/aromatic N) is 2. The number of fused-ring (bicyclic) bond motifs is 1. The molecule has 4 rings (SSSR count). The Morgan fingerprint density at radius 3 is 2.60 bits per heavy atom. The van der Waals surface area contributed by atoms with E-state index in [-0.39, 0.29) is 17.9 Å². The van der Waals surface area contributed by atoms with Crippen molar-refractivity contribution in [3.05, 3.63) is 83.3 Å². The fourth-order valence-electron chi connectivity index (χ4n) is 4.24. The van der Waals surface area contributed by atoms with Crippen LogP contribution in [0.3, 0.4) is 0 Å². The van der Waals surface area contributed by atoms with Gasteiger partial charge in [0.15, 0.2) is 0 Å². The number of hydrogen-bond acceptors (Lipinski definition) is 3. The zero-order chi connectivity index (χ0) is 20.9. The van der Waals surface area contributed by atoms with E-state index in [4.69, 9.17) is 4.74 Å². The molecule has 1 saturated heterocycles. The number of halogens is 1. The Morgan fingerprint density at radius 1 is 1.10 bits per heavy atom. The smallest absolute Gasteiger partial charge is 0.318 e. The number of carbonyl (C=O) groups excluding carboxylic acids is 1. The summed E-state index contributed by atoms with van der Waals surface area (Å²) in [5.74, 6) is -0.277. The number of amides is 2. The van der Waals surface area contributed by atoms with Crippen LogP contribution < -0.4 is 5.32 Å². The van der Waals surface area contributed by atoms with E-state index in [2.05, 4.69) is 28.9 Å². The summed E-state index contributed by atoms with van der Waals surface area (Å²) in [6.45, 7) is 8.45. The van der Waals surface area contributed by atoms with Gasteiger partial charge in [0.1, 0.15) is 5.82 Å². The first-order valence-corrected chi connectivity index (χ1v) is 10.5. The Bertz CT molecular complexity index is 894. The van der Waals surface area contributed by atoms with Crippen LogP contribution in [0.25, 0.3) is 0 Å². The maximum Gasteiger partial charge on any atom is 0.318 e. The van der Waals surface area contributed by atoms with Crippen LogP contribution in [-0.4, -0.2) is 55.2 Å². The first-order valence-electron chi connectivity index (χ1n) is 10.5. The Kier molecular flexibility index (Phi) is 6.33. The van der Waals surface area contributed by atoms with Crippen molar-refractivity contribution in [2.45, 2.75) is 18.9 Å². The fraction of sp³-hybridized carbons (Fsp3) is 0.375. The van der Waals surface area contributed by atoms with Gasteiger partial charge in [-0.15, -0.1) is 0 Å². The molecule has 30 heavy (non-hydrogen) atoms. The lowest BCUT2D eigenvalue weighted by molar-refractivity contribution is 0.0523. The SMILES string of the molecule is C=C(CCNC(=O)N1CCc2ccccc2[C@@H]1c1ccc(F)cc1)N1CCOCC1. The minimum absolute atomic E-state index is 0.103. The molecule has 2 aliphatic rings. The van der Waals surface area contributed by atoms with E-state index in [1.54, 1.807) is 12.1 Å². The van der Waals surface area contributed by atoms with Gasteiger partial charge in [0.2, 0.25) is 0 Å². The molecule has 0 bridgehead atoms. The van der Waals surface area contributed by atoms with Crippen molar-refractivity contribution in [1.29, 1.82) is 0 Å². The highest BCUT2D eigenvalue weighted by atomic mass is 19.1. The lowest BCUT2D eigenvalue weighted by atomic mass is 9.88. The van der Waals surface area contributed by atoms with Crippen molar-refractivity contribution in [2.24, 2.45) is 0 Å². The van der Waals surface area contributed by atoms with Gasteiger partial charge >= 0.3 is 6.03 Å². The average Bonchev–Trinajstić information content (AvgIpc) is 2.79. The largest absolute Gasteiger partial charge is 0.378 e. The minimum Gasteiger partial charge on any atom is -0.378 e. The summed E-state index contributed by atoms with van der Waals surface area (Å²) in [7, 11) is 0. The molecule has 0 spiro atoms. The Morgan fingerprint density at radius 2 is 1.83 bits per heavy atom. The van der Waals surface area contributed by atoms with Crippen LogP contribution in [0.5, 0.6) is 0 Å². The van der Waals surface area contributed by atoms with Crippen molar-refractivity contribution in [3.8, 4) is 0 Å². The molecule has 158 valence electrons. The highest BCUT2D eigenvalue weighted by Crippen LogP contribution is 2.35. The zero-order valence-electron chi connectivity index (χ0n) is 17.1. The van der Waals surface area contributed by atoms with Crippen molar-refractivity contribution in [3.63, 3.8) is 0 Å². The molecule has 2 aromatic rings. The quantitative estimate of drug-likeness (QED) is 0.819. The molecular formula is C24H28FN3O2. The van der Waals surface area contributed by atoms with Crippen LogP contribution in [0.4, 0.5) is 9.18 Å². The Hall–Kier alpha value is -2.86. The fourth-order valence-corrected chi connectivity index (χ4v) is 4.24. The maximum absolute atomic E-state index is 13.5. The second kappa shape index (κ2) is 9.30. The number of rotatable bonds is 5. The van der Waals surface area contributed by atoms with Gasteiger partial charge in [-0.05, 0) is 35.2 Å². The number of carbonyl (C=O) groups is 1. The van der Waals surface area contributed by atoms with Gasteiger partial charge in [-0.25, -0.2) is 9.18 Å². The van der Waals surface area contributed by atoms with E-state index < -0.39 is 0 Å². The van der Waals surface area contributed by atoms with Gasteiger partial charge < -0.3 is 19.9 Å². The molecule has 5 nitrogen and oxygen atoms in total. The third kappa shape index (κ3) is 4.49. The van der Waals surface area contributed by atoms with Gasteiger partial charge in [0.05, 0.1) is 19.3 Å². The van der Waals surface area contributed by atoms with Gasteiger partial charge in [0.25, 0.3) is 0 Å². The van der Waals surface area contributed by atoms with Crippen molar-refractivity contribution in [2.75, 3.05) is 39.4 Å². The molecule has 6 heteroatoms. The molecule has 2 heterocycles. The number of benzene rings is 2. The van der Waals surface area contributed by atoms with Crippen LogP contribution >= 0.6 is 0 Å². The standard InChI is InChI=1S/C24H28FN3O2/c1-18(27-14-16-30-17-15-27)10-12-26-24(29)28-13-11-19-4-2-3-5-22(19)23(28)20-6-8-21(25)9-7-20/h2-9,23H,1,10-17H2,(H,26,29)/t23-/m0/s1. The lowest BCUT2D eigenvalue weighted by Gasteiger charge is -2.38. The number of urea groups is 1. The Balaban J connectivity index is 1.45. The molecule has 1 atom stereocenters. The normalized spacial score (nSPS) is 18.6. The molecule has 1 fully saturated rings. The second-order valence-electron chi connectivity index (χ2n) is 7.74. The molecule has 2 aliphatic heterocycles. The monoisotopic (exact) mass is 409 g/mol.